The first-order valence-electron chi connectivity index (χ1n) is 4.39. The maximum absolute atomic E-state index is 3.69. The molecule has 2 heteroatoms. The maximum atomic E-state index is 3.69. The molecule has 0 saturated carbocycles. The summed E-state index contributed by atoms with van der Waals surface area (Å²) in [6.07, 6.45) is 2.42. The van der Waals surface area contributed by atoms with E-state index in [0.29, 0.717) is 4.83 Å². The van der Waals surface area contributed by atoms with E-state index >= 15 is 0 Å². The van der Waals surface area contributed by atoms with Crippen LogP contribution in [0.25, 0.3) is 0 Å². The lowest BCUT2D eigenvalue weighted by Crippen LogP contribution is -2.11. The van der Waals surface area contributed by atoms with Crippen LogP contribution in [-0.2, 0) is 6.42 Å². The lowest BCUT2D eigenvalue weighted by atomic mass is 9.99. The van der Waals surface area contributed by atoms with Gasteiger partial charge in [-0.25, -0.2) is 0 Å². The van der Waals surface area contributed by atoms with E-state index in [1.165, 1.54) is 18.4 Å². The summed E-state index contributed by atoms with van der Waals surface area (Å²) in [6.45, 7) is 4.53. The predicted octanol–water partition coefficient (Wildman–Crippen LogP) is 4.10. The average Bonchev–Trinajstić information content (AvgIpc) is 2.55. The molecule has 1 aromatic heterocycles. The highest BCUT2D eigenvalue weighted by atomic mass is 79.9. The van der Waals surface area contributed by atoms with Crippen LogP contribution in [-0.4, -0.2) is 4.83 Å². The molecule has 0 saturated heterocycles. The van der Waals surface area contributed by atoms with Crippen molar-refractivity contribution in [3.05, 3.63) is 22.4 Å². The summed E-state index contributed by atoms with van der Waals surface area (Å²) in [5, 5.41) is 4.39. The van der Waals surface area contributed by atoms with Crippen molar-refractivity contribution in [2.45, 2.75) is 31.5 Å². The van der Waals surface area contributed by atoms with Crippen LogP contribution in [0.1, 0.15) is 25.8 Å². The van der Waals surface area contributed by atoms with E-state index in [2.05, 4.69) is 46.6 Å². The molecule has 1 heterocycles. The molecule has 12 heavy (non-hydrogen) atoms. The molecule has 1 aromatic rings. The first-order valence-corrected chi connectivity index (χ1v) is 6.25. The average molecular weight is 247 g/mol. The van der Waals surface area contributed by atoms with Gasteiger partial charge in [-0.15, -0.1) is 0 Å². The molecule has 0 N–H and O–H groups in total. The Kier molecular flexibility index (Phi) is 4.30. The summed E-state index contributed by atoms with van der Waals surface area (Å²) >= 11 is 5.48. The highest BCUT2D eigenvalue weighted by Crippen LogP contribution is 2.21. The van der Waals surface area contributed by atoms with Crippen molar-refractivity contribution < 1.29 is 0 Å². The molecule has 68 valence electrons. The SMILES string of the molecule is CCC(Br)C(C)Cc1ccsc1. The molecular weight excluding hydrogens is 232 g/mol. The van der Waals surface area contributed by atoms with Crippen LogP contribution in [0.4, 0.5) is 0 Å². The summed E-state index contributed by atoms with van der Waals surface area (Å²) < 4.78 is 0. The Morgan fingerprint density at radius 2 is 2.33 bits per heavy atom. The van der Waals surface area contributed by atoms with Crippen molar-refractivity contribution in [3.8, 4) is 0 Å². The maximum Gasteiger partial charge on any atom is 0.0172 e. The molecular formula is C10H15BrS. The molecule has 0 bridgehead atoms. The normalized spacial score (nSPS) is 15.9. The smallest absolute Gasteiger partial charge is 0.0172 e. The van der Waals surface area contributed by atoms with Crippen molar-refractivity contribution in [2.24, 2.45) is 5.92 Å². The van der Waals surface area contributed by atoms with Gasteiger partial charge in [0.1, 0.15) is 0 Å². The lowest BCUT2D eigenvalue weighted by molar-refractivity contribution is 0.546. The van der Waals surface area contributed by atoms with Crippen molar-refractivity contribution in [1.29, 1.82) is 0 Å². The van der Waals surface area contributed by atoms with E-state index in [9.17, 15) is 0 Å². The Labute approximate surface area is 87.1 Å². The third-order valence-corrected chi connectivity index (χ3v) is 4.43. The number of halogens is 1. The molecule has 0 radical (unpaired) electrons. The Morgan fingerprint density at radius 3 is 2.83 bits per heavy atom. The lowest BCUT2D eigenvalue weighted by Gasteiger charge is -2.15. The number of hydrogen-bond donors (Lipinski definition) is 0. The van der Waals surface area contributed by atoms with Crippen LogP contribution in [0.3, 0.4) is 0 Å². The van der Waals surface area contributed by atoms with Gasteiger partial charge in [0, 0.05) is 4.83 Å². The van der Waals surface area contributed by atoms with Crippen LogP contribution in [0.2, 0.25) is 0 Å². The third-order valence-electron chi connectivity index (χ3n) is 2.15. The van der Waals surface area contributed by atoms with Crippen molar-refractivity contribution in [2.75, 3.05) is 0 Å². The summed E-state index contributed by atoms with van der Waals surface area (Å²) in [4.78, 5) is 0.664. The number of hydrogen-bond acceptors (Lipinski definition) is 1. The molecule has 2 atom stereocenters. The van der Waals surface area contributed by atoms with E-state index in [1.54, 1.807) is 11.3 Å². The minimum atomic E-state index is 0.664. The van der Waals surface area contributed by atoms with Crippen LogP contribution in [0.15, 0.2) is 16.8 Å². The topological polar surface area (TPSA) is 0 Å². The van der Waals surface area contributed by atoms with E-state index in [4.69, 9.17) is 0 Å². The second-order valence-corrected chi connectivity index (χ2v) is 5.19. The van der Waals surface area contributed by atoms with Gasteiger partial charge in [-0.3, -0.25) is 0 Å². The number of thiophene rings is 1. The van der Waals surface area contributed by atoms with Crippen molar-refractivity contribution in [1.82, 2.24) is 0 Å². The van der Waals surface area contributed by atoms with Crippen LogP contribution in [0.5, 0.6) is 0 Å². The highest BCUT2D eigenvalue weighted by Gasteiger charge is 2.12. The van der Waals surface area contributed by atoms with Gasteiger partial charge in [-0.05, 0) is 41.1 Å². The van der Waals surface area contributed by atoms with Gasteiger partial charge in [-0.1, -0.05) is 29.8 Å². The standard InChI is InChI=1S/C10H15BrS/c1-3-10(11)8(2)6-9-4-5-12-7-9/h4-5,7-8,10H,3,6H2,1-2H3. The zero-order valence-electron chi connectivity index (χ0n) is 7.59. The molecule has 1 rings (SSSR count). The predicted molar refractivity (Wildman–Crippen MR) is 60.2 cm³/mol. The second kappa shape index (κ2) is 5.03. The Morgan fingerprint density at radius 1 is 1.58 bits per heavy atom. The van der Waals surface area contributed by atoms with Crippen LogP contribution in [0, 0.1) is 5.92 Å². The van der Waals surface area contributed by atoms with Gasteiger partial charge in [-0.2, -0.15) is 11.3 Å². The Balaban J connectivity index is 2.41. The zero-order valence-corrected chi connectivity index (χ0v) is 9.99. The largest absolute Gasteiger partial charge is 0.152 e. The monoisotopic (exact) mass is 246 g/mol. The Bertz CT molecular complexity index is 206. The van der Waals surface area contributed by atoms with E-state index in [-0.39, 0.29) is 0 Å². The first kappa shape index (κ1) is 10.3. The summed E-state index contributed by atoms with van der Waals surface area (Å²) in [5.74, 6) is 0.740. The number of rotatable bonds is 4. The van der Waals surface area contributed by atoms with Gasteiger partial charge >= 0.3 is 0 Å². The minimum Gasteiger partial charge on any atom is -0.152 e. The molecule has 0 amide bonds. The fourth-order valence-corrected chi connectivity index (χ4v) is 2.18. The summed E-state index contributed by atoms with van der Waals surface area (Å²) in [6, 6.07) is 2.22. The first-order chi connectivity index (χ1) is 5.74. The van der Waals surface area contributed by atoms with Gasteiger partial charge in [0.05, 0.1) is 0 Å². The summed E-state index contributed by atoms with van der Waals surface area (Å²) in [7, 11) is 0. The van der Waals surface area contributed by atoms with Crippen LogP contribution >= 0.6 is 27.3 Å². The molecule has 0 aliphatic rings. The van der Waals surface area contributed by atoms with Gasteiger partial charge in [0.2, 0.25) is 0 Å². The molecule has 2 unspecified atom stereocenters. The Hall–Kier alpha value is 0.180. The van der Waals surface area contributed by atoms with Gasteiger partial charge in [0.15, 0.2) is 0 Å². The molecule has 0 aromatic carbocycles. The third kappa shape index (κ3) is 2.91. The quantitative estimate of drug-likeness (QED) is 0.702. The number of alkyl halides is 1. The fraction of sp³-hybridized carbons (Fsp3) is 0.600. The minimum absolute atomic E-state index is 0.664. The van der Waals surface area contributed by atoms with E-state index in [0.717, 1.165) is 5.92 Å². The second-order valence-electron chi connectivity index (χ2n) is 3.24. The zero-order chi connectivity index (χ0) is 8.97. The fourth-order valence-electron chi connectivity index (χ4n) is 1.31. The summed E-state index contributed by atoms with van der Waals surface area (Å²) in [5.41, 5.74) is 1.48. The van der Waals surface area contributed by atoms with Crippen molar-refractivity contribution >= 4 is 27.3 Å². The molecule has 0 nitrogen and oxygen atoms in total. The molecule has 0 aliphatic heterocycles. The van der Waals surface area contributed by atoms with E-state index in [1.807, 2.05) is 0 Å². The van der Waals surface area contributed by atoms with Gasteiger partial charge in [0.25, 0.3) is 0 Å². The molecule has 0 spiro atoms. The van der Waals surface area contributed by atoms with Crippen molar-refractivity contribution in [3.63, 3.8) is 0 Å². The van der Waals surface area contributed by atoms with Gasteiger partial charge < -0.3 is 0 Å². The highest BCUT2D eigenvalue weighted by molar-refractivity contribution is 9.09. The van der Waals surface area contributed by atoms with E-state index < -0.39 is 0 Å². The van der Waals surface area contributed by atoms with Crippen LogP contribution < -0.4 is 0 Å². The molecule has 0 fully saturated rings. The molecule has 0 aliphatic carbocycles.